The third-order valence-electron chi connectivity index (χ3n) is 3.60. The SMILES string of the molecule is CC(C)(C)OC(=O)N1CCc2cc(C(=O)c3cccs3)ccc21. The third-order valence-corrected chi connectivity index (χ3v) is 4.46. The summed E-state index contributed by atoms with van der Waals surface area (Å²) in [7, 11) is 0. The van der Waals surface area contributed by atoms with Gasteiger partial charge in [-0.15, -0.1) is 11.3 Å². The first-order chi connectivity index (χ1) is 10.8. The second-order valence-corrected chi connectivity index (χ2v) is 7.48. The van der Waals surface area contributed by atoms with E-state index >= 15 is 0 Å². The smallest absolute Gasteiger partial charge is 0.414 e. The predicted molar refractivity (Wildman–Crippen MR) is 91.5 cm³/mol. The second kappa shape index (κ2) is 5.81. The molecule has 3 rings (SSSR count). The molecule has 1 aliphatic rings. The van der Waals surface area contributed by atoms with Gasteiger partial charge in [0.1, 0.15) is 5.60 Å². The summed E-state index contributed by atoms with van der Waals surface area (Å²) in [6, 6.07) is 9.21. The lowest BCUT2D eigenvalue weighted by molar-refractivity contribution is 0.0584. The first kappa shape index (κ1) is 15.7. The molecule has 0 spiro atoms. The average molecular weight is 329 g/mol. The van der Waals surface area contributed by atoms with Crippen LogP contribution in [0.3, 0.4) is 0 Å². The number of carbonyl (C=O) groups is 2. The second-order valence-electron chi connectivity index (χ2n) is 6.53. The fourth-order valence-electron chi connectivity index (χ4n) is 2.60. The van der Waals surface area contributed by atoms with Gasteiger partial charge in [0.15, 0.2) is 0 Å². The minimum Gasteiger partial charge on any atom is -0.443 e. The van der Waals surface area contributed by atoms with E-state index in [1.807, 2.05) is 50.4 Å². The summed E-state index contributed by atoms with van der Waals surface area (Å²) < 4.78 is 5.44. The molecule has 5 heteroatoms. The fourth-order valence-corrected chi connectivity index (χ4v) is 3.29. The molecule has 23 heavy (non-hydrogen) atoms. The summed E-state index contributed by atoms with van der Waals surface area (Å²) in [6.45, 7) is 6.14. The van der Waals surface area contributed by atoms with Gasteiger partial charge >= 0.3 is 6.09 Å². The van der Waals surface area contributed by atoms with Gasteiger partial charge in [-0.1, -0.05) is 6.07 Å². The zero-order valence-electron chi connectivity index (χ0n) is 13.5. The van der Waals surface area contributed by atoms with Gasteiger partial charge in [-0.05, 0) is 62.4 Å². The van der Waals surface area contributed by atoms with Crippen molar-refractivity contribution in [2.45, 2.75) is 32.8 Å². The zero-order valence-corrected chi connectivity index (χ0v) is 14.3. The molecule has 2 aromatic rings. The molecule has 0 saturated heterocycles. The number of ether oxygens (including phenoxy) is 1. The van der Waals surface area contributed by atoms with Crippen molar-refractivity contribution >= 4 is 28.9 Å². The van der Waals surface area contributed by atoms with Gasteiger partial charge in [0.2, 0.25) is 5.78 Å². The van der Waals surface area contributed by atoms with Crippen molar-refractivity contribution in [2.24, 2.45) is 0 Å². The van der Waals surface area contributed by atoms with Crippen molar-refractivity contribution in [2.75, 3.05) is 11.4 Å². The predicted octanol–water partition coefficient (Wildman–Crippen LogP) is 4.28. The number of ketones is 1. The number of carbonyl (C=O) groups excluding carboxylic acids is 2. The Balaban J connectivity index is 1.83. The summed E-state index contributed by atoms with van der Waals surface area (Å²) in [5, 5.41) is 1.89. The van der Waals surface area contributed by atoms with Crippen LogP contribution in [0.2, 0.25) is 0 Å². The van der Waals surface area contributed by atoms with Crippen LogP contribution in [0.25, 0.3) is 0 Å². The Bertz CT molecular complexity index is 744. The maximum atomic E-state index is 12.4. The van der Waals surface area contributed by atoms with E-state index in [1.165, 1.54) is 11.3 Å². The highest BCUT2D eigenvalue weighted by atomic mass is 32.1. The highest BCUT2D eigenvalue weighted by Crippen LogP contribution is 2.31. The molecule has 120 valence electrons. The van der Waals surface area contributed by atoms with Crippen LogP contribution in [0.15, 0.2) is 35.7 Å². The van der Waals surface area contributed by atoms with Gasteiger partial charge < -0.3 is 4.74 Å². The maximum Gasteiger partial charge on any atom is 0.414 e. The molecule has 0 aliphatic carbocycles. The van der Waals surface area contributed by atoms with Gasteiger partial charge in [0.05, 0.1) is 10.6 Å². The molecule has 0 fully saturated rings. The van der Waals surface area contributed by atoms with Crippen LogP contribution in [0.1, 0.15) is 41.6 Å². The molecule has 1 aromatic carbocycles. The lowest BCUT2D eigenvalue weighted by Crippen LogP contribution is -2.35. The molecule has 0 radical (unpaired) electrons. The Morgan fingerprint density at radius 1 is 1.22 bits per heavy atom. The van der Waals surface area contributed by atoms with Gasteiger partial charge in [-0.25, -0.2) is 4.79 Å². The molecule has 0 atom stereocenters. The highest BCUT2D eigenvalue weighted by molar-refractivity contribution is 7.12. The first-order valence-electron chi connectivity index (χ1n) is 7.57. The minimum atomic E-state index is -0.519. The Labute approximate surface area is 139 Å². The lowest BCUT2D eigenvalue weighted by atomic mass is 10.0. The van der Waals surface area contributed by atoms with Crippen LogP contribution in [-0.2, 0) is 11.2 Å². The Morgan fingerprint density at radius 2 is 2.00 bits per heavy atom. The van der Waals surface area contributed by atoms with Crippen LogP contribution in [0.5, 0.6) is 0 Å². The van der Waals surface area contributed by atoms with Crippen molar-refractivity contribution in [3.63, 3.8) is 0 Å². The van der Waals surface area contributed by atoms with Crippen molar-refractivity contribution in [3.05, 3.63) is 51.7 Å². The number of hydrogen-bond donors (Lipinski definition) is 0. The van der Waals surface area contributed by atoms with E-state index in [0.29, 0.717) is 12.1 Å². The highest BCUT2D eigenvalue weighted by Gasteiger charge is 2.29. The molecule has 0 N–H and O–H groups in total. The Hall–Kier alpha value is -2.14. The monoisotopic (exact) mass is 329 g/mol. The number of amides is 1. The number of thiophene rings is 1. The third kappa shape index (κ3) is 3.29. The number of benzene rings is 1. The van der Waals surface area contributed by atoms with E-state index in [0.717, 1.165) is 22.5 Å². The zero-order chi connectivity index (χ0) is 16.6. The van der Waals surface area contributed by atoms with Gasteiger partial charge in [-0.2, -0.15) is 0 Å². The summed E-state index contributed by atoms with van der Waals surface area (Å²) in [4.78, 5) is 27.1. The van der Waals surface area contributed by atoms with Crippen LogP contribution in [0.4, 0.5) is 10.5 Å². The van der Waals surface area contributed by atoms with Crippen molar-refractivity contribution < 1.29 is 14.3 Å². The topological polar surface area (TPSA) is 46.6 Å². The number of nitrogens with zero attached hydrogens (tertiary/aromatic N) is 1. The molecule has 1 aliphatic heterocycles. The lowest BCUT2D eigenvalue weighted by Gasteiger charge is -2.24. The molecular weight excluding hydrogens is 310 g/mol. The van der Waals surface area contributed by atoms with Crippen molar-refractivity contribution in [1.82, 2.24) is 0 Å². The molecule has 4 nitrogen and oxygen atoms in total. The van der Waals surface area contributed by atoms with E-state index in [9.17, 15) is 9.59 Å². The normalized spacial score (nSPS) is 13.8. The molecule has 2 heterocycles. The van der Waals surface area contributed by atoms with Crippen LogP contribution in [0, 0.1) is 0 Å². The summed E-state index contributed by atoms with van der Waals surface area (Å²) >= 11 is 1.44. The van der Waals surface area contributed by atoms with Crippen molar-refractivity contribution in [1.29, 1.82) is 0 Å². The molecule has 0 unspecified atom stereocenters. The van der Waals surface area contributed by atoms with Crippen LogP contribution in [-0.4, -0.2) is 24.0 Å². The standard InChI is InChI=1S/C18H19NO3S/c1-18(2,3)22-17(21)19-9-8-12-11-13(6-7-14(12)19)16(20)15-5-4-10-23-15/h4-7,10-11H,8-9H2,1-3H3. The summed E-state index contributed by atoms with van der Waals surface area (Å²) in [6.07, 6.45) is 0.397. The molecular formula is C18H19NO3S. The molecule has 1 amide bonds. The fraction of sp³-hybridized carbons (Fsp3) is 0.333. The summed E-state index contributed by atoms with van der Waals surface area (Å²) in [5.74, 6) is 0.0264. The Morgan fingerprint density at radius 3 is 2.65 bits per heavy atom. The number of rotatable bonds is 2. The number of hydrogen-bond acceptors (Lipinski definition) is 4. The largest absolute Gasteiger partial charge is 0.443 e. The maximum absolute atomic E-state index is 12.4. The van der Waals surface area contributed by atoms with Gasteiger partial charge in [0, 0.05) is 12.1 Å². The van der Waals surface area contributed by atoms with Crippen molar-refractivity contribution in [3.8, 4) is 0 Å². The summed E-state index contributed by atoms with van der Waals surface area (Å²) in [5.41, 5.74) is 1.99. The number of fused-ring (bicyclic) bond motifs is 1. The number of anilines is 1. The Kier molecular flexibility index (Phi) is 3.98. The van der Waals surface area contributed by atoms with Crippen LogP contribution < -0.4 is 4.90 Å². The quantitative estimate of drug-likeness (QED) is 0.773. The molecule has 0 saturated carbocycles. The molecule has 0 bridgehead atoms. The molecule has 1 aromatic heterocycles. The van der Waals surface area contributed by atoms with E-state index < -0.39 is 5.60 Å². The van der Waals surface area contributed by atoms with E-state index in [4.69, 9.17) is 4.74 Å². The first-order valence-corrected chi connectivity index (χ1v) is 8.45. The van der Waals surface area contributed by atoms with E-state index in [-0.39, 0.29) is 11.9 Å². The minimum absolute atomic E-state index is 0.0264. The van der Waals surface area contributed by atoms with E-state index in [1.54, 1.807) is 11.0 Å². The van der Waals surface area contributed by atoms with E-state index in [2.05, 4.69) is 0 Å². The van der Waals surface area contributed by atoms with Gasteiger partial charge in [-0.3, -0.25) is 9.69 Å². The van der Waals surface area contributed by atoms with Crippen LogP contribution >= 0.6 is 11.3 Å². The average Bonchev–Trinajstić information content (AvgIpc) is 3.13. The van der Waals surface area contributed by atoms with Gasteiger partial charge in [0.25, 0.3) is 0 Å².